The van der Waals surface area contributed by atoms with E-state index in [2.05, 4.69) is 10.1 Å². The maximum absolute atomic E-state index is 14.1. The zero-order valence-corrected chi connectivity index (χ0v) is 22.4. The molecule has 0 saturated carbocycles. The molecule has 1 heterocycles. The maximum Gasteiger partial charge on any atom is 0.264 e. The number of aliphatic hydroxyl groups excluding tert-OH is 1. The second kappa shape index (κ2) is 11.0. The fourth-order valence-corrected chi connectivity index (χ4v) is 5.64. The number of hydrogen-bond acceptors (Lipinski definition) is 8. The van der Waals surface area contributed by atoms with Crippen LogP contribution in [0.25, 0.3) is 0 Å². The summed E-state index contributed by atoms with van der Waals surface area (Å²) in [6, 6.07) is 15.5. The van der Waals surface area contributed by atoms with Crippen molar-refractivity contribution in [2.45, 2.75) is 24.5 Å². The first kappa shape index (κ1) is 26.7. The smallest absolute Gasteiger partial charge is 0.264 e. The van der Waals surface area contributed by atoms with Gasteiger partial charge in [0.15, 0.2) is 17.3 Å². The van der Waals surface area contributed by atoms with Crippen molar-refractivity contribution in [3.8, 4) is 11.5 Å². The van der Waals surface area contributed by atoms with Crippen LogP contribution in [0.4, 0.5) is 5.69 Å². The minimum absolute atomic E-state index is 0.0506. The van der Waals surface area contributed by atoms with Crippen LogP contribution in [0.3, 0.4) is 0 Å². The monoisotopic (exact) mass is 563 g/mol. The summed E-state index contributed by atoms with van der Waals surface area (Å²) >= 11 is 12.6. The lowest BCUT2D eigenvalue weighted by atomic mass is 9.99. The summed E-state index contributed by atoms with van der Waals surface area (Å²) in [6.45, 7) is 1.30. The van der Waals surface area contributed by atoms with Gasteiger partial charge in [-0.15, -0.1) is 0 Å². The molecule has 1 atom stereocenters. The molecule has 1 aromatic heterocycles. The van der Waals surface area contributed by atoms with E-state index in [0.717, 1.165) is 4.31 Å². The number of rotatable bonds is 9. The van der Waals surface area contributed by atoms with Gasteiger partial charge >= 0.3 is 0 Å². The largest absolute Gasteiger partial charge is 0.493 e. The molecule has 37 heavy (non-hydrogen) atoms. The van der Waals surface area contributed by atoms with Gasteiger partial charge in [0.1, 0.15) is 12.6 Å². The molecule has 0 radical (unpaired) electrons. The molecule has 12 heteroatoms. The highest BCUT2D eigenvalue weighted by Crippen LogP contribution is 2.39. The Balaban J connectivity index is 1.91. The van der Waals surface area contributed by atoms with Crippen molar-refractivity contribution in [1.29, 1.82) is 0 Å². The highest BCUT2D eigenvalue weighted by atomic mass is 35.5. The highest BCUT2D eigenvalue weighted by molar-refractivity contribution is 7.92. The van der Waals surface area contributed by atoms with E-state index in [4.69, 9.17) is 37.2 Å². The molecule has 194 valence electrons. The number of aromatic nitrogens is 2. The third kappa shape index (κ3) is 5.52. The van der Waals surface area contributed by atoms with Gasteiger partial charge in [-0.05, 0) is 43.3 Å². The van der Waals surface area contributed by atoms with E-state index in [1.165, 1.54) is 50.6 Å². The van der Waals surface area contributed by atoms with Gasteiger partial charge in [0.05, 0.1) is 24.8 Å². The molecule has 4 rings (SSSR count). The Hall–Kier alpha value is -3.31. The van der Waals surface area contributed by atoms with Gasteiger partial charge in [0, 0.05) is 27.2 Å². The van der Waals surface area contributed by atoms with E-state index < -0.39 is 16.1 Å². The zero-order chi connectivity index (χ0) is 26.7. The van der Waals surface area contributed by atoms with E-state index in [0.29, 0.717) is 27.2 Å². The average molecular weight is 564 g/mol. The topological polar surface area (TPSA) is 115 Å². The van der Waals surface area contributed by atoms with Crippen molar-refractivity contribution < 1.29 is 27.5 Å². The van der Waals surface area contributed by atoms with E-state index in [1.54, 1.807) is 31.2 Å². The van der Waals surface area contributed by atoms with Crippen molar-refractivity contribution >= 4 is 38.9 Å². The van der Waals surface area contributed by atoms with Crippen LogP contribution in [-0.4, -0.2) is 37.9 Å². The molecule has 0 saturated heterocycles. The van der Waals surface area contributed by atoms with E-state index in [1.807, 2.05) is 0 Å². The van der Waals surface area contributed by atoms with Crippen molar-refractivity contribution in [3.63, 3.8) is 0 Å². The summed E-state index contributed by atoms with van der Waals surface area (Å²) in [5.74, 6) is 0.979. The molecule has 0 fully saturated rings. The molecule has 0 aliphatic rings. The number of halogens is 2. The standard InChI is InChI=1S/C25H23Cl2N3O6S/c1-15-28-24(36-29-15)14-30(37(32,33)17-9-11-22(34-2)23(13-17)35-3)21-10-8-16(26)12-19(21)25(31)18-6-4-5-7-20(18)27/h4-13,25,31H,14H2,1-3H3. The fourth-order valence-electron chi connectivity index (χ4n) is 3.77. The normalized spacial score (nSPS) is 12.3. The quantitative estimate of drug-likeness (QED) is 0.296. The number of methoxy groups -OCH3 is 2. The van der Waals surface area contributed by atoms with Crippen LogP contribution in [0.5, 0.6) is 11.5 Å². The second-order valence-electron chi connectivity index (χ2n) is 7.89. The lowest BCUT2D eigenvalue weighted by Crippen LogP contribution is -2.32. The lowest BCUT2D eigenvalue weighted by Gasteiger charge is -2.27. The number of sulfonamides is 1. The van der Waals surface area contributed by atoms with Gasteiger partial charge in [-0.1, -0.05) is 46.6 Å². The van der Waals surface area contributed by atoms with Gasteiger partial charge in [-0.25, -0.2) is 8.42 Å². The summed E-state index contributed by atoms with van der Waals surface area (Å²) in [5, 5.41) is 15.7. The summed E-state index contributed by atoms with van der Waals surface area (Å²) in [7, 11) is -1.42. The number of benzene rings is 3. The van der Waals surface area contributed by atoms with Crippen LogP contribution in [0.1, 0.15) is 28.9 Å². The van der Waals surface area contributed by atoms with E-state index in [-0.39, 0.29) is 34.3 Å². The molecule has 4 aromatic rings. The number of anilines is 1. The molecule has 9 nitrogen and oxygen atoms in total. The van der Waals surface area contributed by atoms with Gasteiger partial charge in [0.25, 0.3) is 10.0 Å². The van der Waals surface area contributed by atoms with Crippen LogP contribution in [-0.2, 0) is 16.6 Å². The first-order chi connectivity index (χ1) is 17.6. The third-order valence-electron chi connectivity index (χ3n) is 5.54. The van der Waals surface area contributed by atoms with Crippen molar-refractivity contribution in [1.82, 2.24) is 10.1 Å². The number of hydrogen-bond donors (Lipinski definition) is 1. The van der Waals surface area contributed by atoms with Crippen LogP contribution in [0.2, 0.25) is 10.0 Å². The van der Waals surface area contributed by atoms with Crippen molar-refractivity contribution in [2.75, 3.05) is 18.5 Å². The molecule has 0 bridgehead atoms. The van der Waals surface area contributed by atoms with Gasteiger partial charge in [-0.3, -0.25) is 4.31 Å². The summed E-state index contributed by atoms with van der Waals surface area (Å²) in [5.41, 5.74) is 0.730. The Kier molecular flexibility index (Phi) is 7.93. The molecular formula is C25H23Cl2N3O6S. The number of aryl methyl sites for hydroxylation is 1. The van der Waals surface area contributed by atoms with E-state index in [9.17, 15) is 13.5 Å². The zero-order valence-electron chi connectivity index (χ0n) is 20.1. The molecule has 3 aromatic carbocycles. The van der Waals surface area contributed by atoms with Crippen LogP contribution in [0, 0.1) is 6.92 Å². The summed E-state index contributed by atoms with van der Waals surface area (Å²) < 4.78 is 45.0. The summed E-state index contributed by atoms with van der Waals surface area (Å²) in [4.78, 5) is 4.08. The first-order valence-corrected chi connectivity index (χ1v) is 13.1. The Morgan fingerprint density at radius 3 is 2.38 bits per heavy atom. The van der Waals surface area contributed by atoms with Crippen LogP contribution >= 0.6 is 23.2 Å². The molecule has 0 amide bonds. The second-order valence-corrected chi connectivity index (χ2v) is 10.6. The van der Waals surface area contributed by atoms with Crippen molar-refractivity contribution in [2.24, 2.45) is 0 Å². The number of nitrogens with zero attached hydrogens (tertiary/aromatic N) is 3. The summed E-state index contributed by atoms with van der Waals surface area (Å²) in [6.07, 6.45) is -1.30. The predicted molar refractivity (Wildman–Crippen MR) is 139 cm³/mol. The van der Waals surface area contributed by atoms with Gasteiger partial charge in [0.2, 0.25) is 5.89 Å². The Labute approximate surface area is 224 Å². The van der Waals surface area contributed by atoms with Gasteiger partial charge in [-0.2, -0.15) is 4.98 Å². The Morgan fingerprint density at radius 1 is 1.00 bits per heavy atom. The SMILES string of the molecule is COc1ccc(S(=O)(=O)N(Cc2nc(C)no2)c2ccc(Cl)cc2C(O)c2ccccc2Cl)cc1OC. The van der Waals surface area contributed by atoms with Crippen LogP contribution in [0.15, 0.2) is 70.1 Å². The Morgan fingerprint density at radius 2 is 1.73 bits per heavy atom. The van der Waals surface area contributed by atoms with Crippen molar-refractivity contribution in [3.05, 3.63) is 93.6 Å². The predicted octanol–water partition coefficient (Wildman–Crippen LogP) is 5.18. The number of ether oxygens (including phenoxy) is 2. The molecule has 1 unspecified atom stereocenters. The molecule has 1 N–H and O–H groups in total. The first-order valence-electron chi connectivity index (χ1n) is 10.9. The highest BCUT2D eigenvalue weighted by Gasteiger charge is 2.32. The van der Waals surface area contributed by atoms with Crippen LogP contribution < -0.4 is 13.8 Å². The third-order valence-corrected chi connectivity index (χ3v) is 7.88. The number of aliphatic hydroxyl groups is 1. The van der Waals surface area contributed by atoms with Gasteiger partial charge < -0.3 is 19.1 Å². The average Bonchev–Trinajstić information content (AvgIpc) is 3.31. The molecule has 0 spiro atoms. The fraction of sp³-hybridized carbons (Fsp3) is 0.200. The minimum atomic E-state index is -4.28. The molecular weight excluding hydrogens is 541 g/mol. The minimum Gasteiger partial charge on any atom is -0.493 e. The van der Waals surface area contributed by atoms with E-state index >= 15 is 0 Å². The molecule has 0 aliphatic carbocycles. The lowest BCUT2D eigenvalue weighted by molar-refractivity contribution is 0.221. The maximum atomic E-state index is 14.1. The molecule has 0 aliphatic heterocycles. The Bertz CT molecular complexity index is 1530.